The van der Waals surface area contributed by atoms with Gasteiger partial charge in [0.25, 0.3) is 0 Å². The Hall–Kier alpha value is -0.260. The molecule has 4 atom stereocenters. The Bertz CT molecular complexity index is 192. The normalized spacial score (nSPS) is 56.6. The molecule has 4 unspecified atom stereocenters. The Balaban J connectivity index is 1.98. The summed E-state index contributed by atoms with van der Waals surface area (Å²) in [4.78, 5) is 0. The molecule has 0 radical (unpaired) electrons. The molecule has 0 heteroatoms. The van der Waals surface area contributed by atoms with Crippen LogP contribution in [0.2, 0.25) is 0 Å². The van der Waals surface area contributed by atoms with Gasteiger partial charge in [0.2, 0.25) is 0 Å². The van der Waals surface area contributed by atoms with Gasteiger partial charge in [-0.25, -0.2) is 0 Å². The second kappa shape index (κ2) is 1.49. The second-order valence-corrected chi connectivity index (χ2v) is 4.38. The van der Waals surface area contributed by atoms with Crippen molar-refractivity contribution in [2.45, 2.75) is 25.7 Å². The van der Waals surface area contributed by atoms with E-state index in [2.05, 4.69) is 6.58 Å². The maximum atomic E-state index is 4.16. The minimum atomic E-state index is 0.984. The van der Waals surface area contributed by atoms with E-state index in [1.807, 2.05) is 0 Å². The van der Waals surface area contributed by atoms with Crippen molar-refractivity contribution in [3.63, 3.8) is 0 Å². The van der Waals surface area contributed by atoms with E-state index in [9.17, 15) is 0 Å². The largest absolute Gasteiger partial charge is 0.0996 e. The highest BCUT2D eigenvalue weighted by Gasteiger charge is 2.54. The van der Waals surface area contributed by atoms with Gasteiger partial charge in [-0.15, -0.1) is 0 Å². The first-order valence-corrected chi connectivity index (χ1v) is 4.54. The molecular weight excluding hydrogens is 120 g/mol. The molecule has 0 saturated heterocycles. The monoisotopic (exact) mass is 134 g/mol. The second-order valence-electron chi connectivity index (χ2n) is 4.38. The summed E-state index contributed by atoms with van der Waals surface area (Å²) in [5.41, 5.74) is 1.59. The lowest BCUT2D eigenvalue weighted by molar-refractivity contribution is 0.136. The third kappa shape index (κ3) is 0.426. The lowest BCUT2D eigenvalue weighted by Gasteiger charge is -2.38. The zero-order valence-corrected chi connectivity index (χ0v) is 6.34. The summed E-state index contributed by atoms with van der Waals surface area (Å²) in [6, 6.07) is 0. The molecular formula is C10H14. The number of allylic oxidation sites excluding steroid dienone is 1. The lowest BCUT2D eigenvalue weighted by Crippen LogP contribution is -2.31. The Kier molecular flexibility index (Phi) is 0.805. The summed E-state index contributed by atoms with van der Waals surface area (Å²) in [7, 11) is 0. The Morgan fingerprint density at radius 2 is 2.00 bits per heavy atom. The standard InChI is InChI=1S/C10H14/c1-6-4-7-2-3-8-5-9(6)10(7)8/h7-10H,1-5H2. The first-order chi connectivity index (χ1) is 4.86. The van der Waals surface area contributed by atoms with Crippen molar-refractivity contribution in [3.8, 4) is 0 Å². The van der Waals surface area contributed by atoms with Gasteiger partial charge in [-0.3, -0.25) is 0 Å². The molecule has 0 aliphatic heterocycles. The fraction of sp³-hybridized carbons (Fsp3) is 0.800. The highest BCUT2D eigenvalue weighted by molar-refractivity contribution is 5.20. The Morgan fingerprint density at radius 3 is 2.80 bits per heavy atom. The molecule has 0 aromatic rings. The molecule has 0 nitrogen and oxygen atoms in total. The summed E-state index contributed by atoms with van der Waals surface area (Å²) < 4.78 is 0. The van der Waals surface area contributed by atoms with Crippen LogP contribution < -0.4 is 0 Å². The van der Waals surface area contributed by atoms with Gasteiger partial charge in [-0.2, -0.15) is 0 Å². The van der Waals surface area contributed by atoms with Crippen molar-refractivity contribution in [1.82, 2.24) is 0 Å². The van der Waals surface area contributed by atoms with Gasteiger partial charge in [0.15, 0.2) is 0 Å². The molecule has 0 heterocycles. The van der Waals surface area contributed by atoms with Gasteiger partial charge in [-0.05, 0) is 49.4 Å². The van der Waals surface area contributed by atoms with Crippen molar-refractivity contribution in [2.75, 3.05) is 0 Å². The van der Waals surface area contributed by atoms with Crippen molar-refractivity contribution in [3.05, 3.63) is 12.2 Å². The van der Waals surface area contributed by atoms with Crippen LogP contribution in [0.4, 0.5) is 0 Å². The van der Waals surface area contributed by atoms with Gasteiger partial charge in [0.05, 0.1) is 0 Å². The van der Waals surface area contributed by atoms with E-state index in [-0.39, 0.29) is 0 Å². The number of hydrogen-bond donors (Lipinski definition) is 0. The maximum absolute atomic E-state index is 4.16. The van der Waals surface area contributed by atoms with Crippen LogP contribution in [0.25, 0.3) is 0 Å². The third-order valence-corrected chi connectivity index (χ3v) is 4.07. The van der Waals surface area contributed by atoms with Crippen molar-refractivity contribution >= 4 is 0 Å². The molecule has 3 aliphatic rings. The highest BCUT2D eigenvalue weighted by atomic mass is 14.6. The van der Waals surface area contributed by atoms with Crippen LogP contribution in [0, 0.1) is 23.7 Å². The molecule has 0 N–H and O–H groups in total. The smallest absolute Gasteiger partial charge is 0.0169 e. The fourth-order valence-corrected chi connectivity index (χ4v) is 3.58. The predicted octanol–water partition coefficient (Wildman–Crippen LogP) is 2.61. The van der Waals surface area contributed by atoms with E-state index in [0.29, 0.717) is 0 Å². The van der Waals surface area contributed by atoms with Crippen LogP contribution in [-0.2, 0) is 0 Å². The average molecular weight is 134 g/mol. The van der Waals surface area contributed by atoms with Gasteiger partial charge < -0.3 is 0 Å². The van der Waals surface area contributed by atoms with Crippen LogP contribution in [-0.4, -0.2) is 0 Å². The predicted molar refractivity (Wildman–Crippen MR) is 41.6 cm³/mol. The molecule has 0 amide bonds. The van der Waals surface area contributed by atoms with E-state index in [0.717, 1.165) is 23.7 Å². The SMILES string of the molecule is C=C1CC2CCC3CC1C23. The molecule has 10 heavy (non-hydrogen) atoms. The van der Waals surface area contributed by atoms with E-state index in [1.165, 1.54) is 19.3 Å². The molecule has 3 aliphatic carbocycles. The Morgan fingerprint density at radius 1 is 1.20 bits per heavy atom. The van der Waals surface area contributed by atoms with Gasteiger partial charge in [0.1, 0.15) is 0 Å². The topological polar surface area (TPSA) is 0 Å². The van der Waals surface area contributed by atoms with Gasteiger partial charge >= 0.3 is 0 Å². The van der Waals surface area contributed by atoms with Gasteiger partial charge in [0, 0.05) is 0 Å². The number of hydrogen-bond acceptors (Lipinski definition) is 0. The molecule has 3 rings (SSSR count). The van der Waals surface area contributed by atoms with E-state index in [1.54, 1.807) is 12.0 Å². The first-order valence-electron chi connectivity index (χ1n) is 4.54. The summed E-state index contributed by atoms with van der Waals surface area (Å²) in [5.74, 6) is 4.32. The summed E-state index contributed by atoms with van der Waals surface area (Å²) in [6.45, 7) is 4.16. The summed E-state index contributed by atoms with van der Waals surface area (Å²) >= 11 is 0. The van der Waals surface area contributed by atoms with E-state index in [4.69, 9.17) is 0 Å². The van der Waals surface area contributed by atoms with Crippen LogP contribution in [0.15, 0.2) is 12.2 Å². The fourth-order valence-electron chi connectivity index (χ4n) is 3.58. The van der Waals surface area contributed by atoms with Crippen LogP contribution in [0.3, 0.4) is 0 Å². The minimum absolute atomic E-state index is 0.984. The first kappa shape index (κ1) is 5.40. The average Bonchev–Trinajstić information content (AvgIpc) is 2.14. The lowest BCUT2D eigenvalue weighted by atomic mass is 9.67. The maximum Gasteiger partial charge on any atom is -0.0169 e. The zero-order valence-electron chi connectivity index (χ0n) is 6.34. The molecule has 0 spiro atoms. The minimum Gasteiger partial charge on any atom is -0.0996 e. The molecule has 0 bridgehead atoms. The molecule has 3 fully saturated rings. The van der Waals surface area contributed by atoms with Crippen LogP contribution >= 0.6 is 0 Å². The van der Waals surface area contributed by atoms with E-state index < -0.39 is 0 Å². The molecule has 54 valence electrons. The van der Waals surface area contributed by atoms with Crippen LogP contribution in [0.1, 0.15) is 25.7 Å². The molecule has 0 aromatic heterocycles. The Labute approximate surface area is 62.3 Å². The molecule has 3 saturated carbocycles. The quantitative estimate of drug-likeness (QED) is 0.447. The van der Waals surface area contributed by atoms with Crippen molar-refractivity contribution in [2.24, 2.45) is 23.7 Å². The number of rotatable bonds is 0. The summed E-state index contributed by atoms with van der Waals surface area (Å²) in [5, 5.41) is 0. The van der Waals surface area contributed by atoms with Crippen molar-refractivity contribution < 1.29 is 0 Å². The van der Waals surface area contributed by atoms with Crippen molar-refractivity contribution in [1.29, 1.82) is 0 Å². The zero-order chi connectivity index (χ0) is 6.72. The van der Waals surface area contributed by atoms with Crippen LogP contribution in [0.5, 0.6) is 0 Å². The molecule has 0 aromatic carbocycles. The highest BCUT2D eigenvalue weighted by Crippen LogP contribution is 2.63. The summed E-state index contributed by atoms with van der Waals surface area (Å²) in [6.07, 6.45) is 5.94. The third-order valence-electron chi connectivity index (χ3n) is 4.07. The van der Waals surface area contributed by atoms with E-state index >= 15 is 0 Å². The van der Waals surface area contributed by atoms with Gasteiger partial charge in [-0.1, -0.05) is 12.2 Å².